The number of carbonyl (C=O) groups excluding carboxylic acids is 2. The Kier molecular flexibility index (Phi) is 7.90. The van der Waals surface area contributed by atoms with E-state index in [1.807, 2.05) is 0 Å². The Hall–Kier alpha value is -1.90. The average molecular weight is 379 g/mol. The Morgan fingerprint density at radius 3 is 2.33 bits per heavy atom. The number of halogens is 2. The van der Waals surface area contributed by atoms with Gasteiger partial charge in [0.25, 0.3) is 11.6 Å². The zero-order valence-corrected chi connectivity index (χ0v) is 14.2. The maximum absolute atomic E-state index is 11.6. The first-order valence-electron chi connectivity index (χ1n) is 6.93. The van der Waals surface area contributed by atoms with Crippen molar-refractivity contribution in [2.45, 2.75) is 30.3 Å². The molecule has 0 bridgehead atoms. The molecule has 0 radical (unpaired) electrons. The van der Waals surface area contributed by atoms with Gasteiger partial charge in [-0.1, -0.05) is 30.1 Å². The van der Waals surface area contributed by atoms with Crippen LogP contribution >= 0.6 is 23.2 Å². The van der Waals surface area contributed by atoms with Crippen LogP contribution < -0.4 is 5.32 Å². The van der Waals surface area contributed by atoms with Crippen molar-refractivity contribution in [3.8, 4) is 0 Å². The van der Waals surface area contributed by atoms with Gasteiger partial charge in [0, 0.05) is 18.6 Å². The first kappa shape index (κ1) is 20.1. The quantitative estimate of drug-likeness (QED) is 0.308. The Balaban J connectivity index is 3.10. The van der Waals surface area contributed by atoms with E-state index in [0.717, 1.165) is 0 Å². The van der Waals surface area contributed by atoms with Crippen LogP contribution in [0.2, 0.25) is 0 Å². The smallest absolute Gasteiger partial charge is 0.306 e. The minimum Gasteiger partial charge on any atom is -0.455 e. The number of esters is 1. The lowest BCUT2D eigenvalue weighted by Gasteiger charge is -2.27. The van der Waals surface area contributed by atoms with E-state index in [2.05, 4.69) is 5.32 Å². The van der Waals surface area contributed by atoms with E-state index in [1.54, 1.807) is 6.92 Å². The van der Waals surface area contributed by atoms with Crippen molar-refractivity contribution in [2.75, 3.05) is 6.61 Å². The molecule has 0 spiro atoms. The number of benzene rings is 1. The van der Waals surface area contributed by atoms with Crippen molar-refractivity contribution in [3.63, 3.8) is 0 Å². The second kappa shape index (κ2) is 9.41. The second-order valence-electron chi connectivity index (χ2n) is 4.71. The molecule has 0 aliphatic rings. The highest BCUT2D eigenvalue weighted by molar-refractivity contribution is 6.53. The summed E-state index contributed by atoms with van der Waals surface area (Å²) in [6.45, 7) is 1.01. The van der Waals surface area contributed by atoms with Crippen LogP contribution in [0.1, 0.15) is 25.0 Å². The highest BCUT2D eigenvalue weighted by Crippen LogP contribution is 2.25. The highest BCUT2D eigenvalue weighted by Gasteiger charge is 2.29. The van der Waals surface area contributed by atoms with Crippen molar-refractivity contribution in [1.29, 1.82) is 0 Å². The molecule has 0 unspecified atom stereocenters. The fourth-order valence-electron chi connectivity index (χ4n) is 1.86. The van der Waals surface area contributed by atoms with Gasteiger partial charge in [-0.15, -0.1) is 0 Å². The maximum atomic E-state index is 11.6. The molecule has 0 aliphatic heterocycles. The molecular formula is C14H16Cl2N2O6. The zero-order chi connectivity index (χ0) is 18.3. The maximum Gasteiger partial charge on any atom is 0.306 e. The van der Waals surface area contributed by atoms with E-state index in [-0.39, 0.29) is 12.1 Å². The molecule has 0 heterocycles. The molecule has 0 saturated heterocycles. The molecule has 0 aromatic heterocycles. The average Bonchev–Trinajstić information content (AvgIpc) is 2.57. The number of rotatable bonds is 8. The summed E-state index contributed by atoms with van der Waals surface area (Å²) in [6.07, 6.45) is -0.984. The SMILES string of the molecule is CCC(=O)O[C@H](c1ccc([N+](=O)[O-])cc1)[C@@H](CO)NC(=O)C(Cl)Cl. The third kappa shape index (κ3) is 5.63. The molecule has 0 saturated carbocycles. The molecule has 2 N–H and O–H groups in total. The van der Waals surface area contributed by atoms with E-state index < -0.39 is 40.4 Å². The Morgan fingerprint density at radius 1 is 1.33 bits per heavy atom. The number of carbonyl (C=O) groups is 2. The van der Waals surface area contributed by atoms with Gasteiger partial charge in [-0.2, -0.15) is 0 Å². The van der Waals surface area contributed by atoms with Crippen LogP contribution in [0.4, 0.5) is 5.69 Å². The predicted octanol–water partition coefficient (Wildman–Crippen LogP) is 1.87. The van der Waals surface area contributed by atoms with Gasteiger partial charge in [-0.3, -0.25) is 19.7 Å². The summed E-state index contributed by atoms with van der Waals surface area (Å²) in [4.78, 5) is 32.0. The van der Waals surface area contributed by atoms with Crippen molar-refractivity contribution in [2.24, 2.45) is 0 Å². The number of nitrogens with one attached hydrogen (secondary N) is 1. The van der Waals surface area contributed by atoms with Crippen molar-refractivity contribution >= 4 is 40.8 Å². The molecule has 24 heavy (non-hydrogen) atoms. The minimum absolute atomic E-state index is 0.0726. The molecular weight excluding hydrogens is 363 g/mol. The van der Waals surface area contributed by atoms with Gasteiger partial charge in [0.05, 0.1) is 17.6 Å². The van der Waals surface area contributed by atoms with E-state index in [0.29, 0.717) is 5.56 Å². The molecule has 132 valence electrons. The summed E-state index contributed by atoms with van der Waals surface area (Å²) in [6, 6.07) is 4.18. The fraction of sp³-hybridized carbons (Fsp3) is 0.429. The summed E-state index contributed by atoms with van der Waals surface area (Å²) in [7, 11) is 0. The zero-order valence-electron chi connectivity index (χ0n) is 12.6. The summed E-state index contributed by atoms with van der Waals surface area (Å²) >= 11 is 10.9. The van der Waals surface area contributed by atoms with Crippen LogP contribution in [0.15, 0.2) is 24.3 Å². The number of ether oxygens (including phenoxy) is 1. The molecule has 8 nitrogen and oxygen atoms in total. The molecule has 1 aromatic carbocycles. The Morgan fingerprint density at radius 2 is 1.92 bits per heavy atom. The summed E-state index contributed by atoms with van der Waals surface area (Å²) < 4.78 is 5.25. The van der Waals surface area contributed by atoms with Gasteiger partial charge >= 0.3 is 5.97 Å². The first-order chi connectivity index (χ1) is 11.3. The van der Waals surface area contributed by atoms with Gasteiger partial charge < -0.3 is 15.2 Å². The Bertz CT molecular complexity index is 593. The summed E-state index contributed by atoms with van der Waals surface area (Å²) in [5.74, 6) is -1.34. The van der Waals surface area contributed by atoms with Gasteiger partial charge in [0.2, 0.25) is 0 Å². The minimum atomic E-state index is -1.36. The van der Waals surface area contributed by atoms with E-state index in [9.17, 15) is 24.8 Å². The number of aliphatic hydroxyl groups excluding tert-OH is 1. The number of hydrogen-bond donors (Lipinski definition) is 2. The number of nitro groups is 1. The van der Waals surface area contributed by atoms with Gasteiger partial charge in [-0.05, 0) is 17.7 Å². The van der Waals surface area contributed by atoms with Crippen LogP contribution in [0, 0.1) is 10.1 Å². The second-order valence-corrected chi connectivity index (χ2v) is 5.81. The van der Waals surface area contributed by atoms with E-state index in [1.165, 1.54) is 24.3 Å². The molecule has 1 aromatic rings. The summed E-state index contributed by atoms with van der Waals surface area (Å²) in [5.41, 5.74) is 0.216. The number of amides is 1. The number of nitrogens with zero attached hydrogens (tertiary/aromatic N) is 1. The lowest BCUT2D eigenvalue weighted by Crippen LogP contribution is -2.45. The molecule has 0 aliphatic carbocycles. The number of alkyl halides is 2. The normalized spacial score (nSPS) is 13.2. The fourth-order valence-corrected chi connectivity index (χ4v) is 1.98. The molecule has 10 heteroatoms. The Labute approximate surface area is 147 Å². The largest absolute Gasteiger partial charge is 0.455 e. The number of hydrogen-bond acceptors (Lipinski definition) is 6. The van der Waals surface area contributed by atoms with Crippen molar-refractivity contribution < 1.29 is 24.4 Å². The molecule has 1 rings (SSSR count). The van der Waals surface area contributed by atoms with Crippen molar-refractivity contribution in [3.05, 3.63) is 39.9 Å². The van der Waals surface area contributed by atoms with Gasteiger partial charge in [-0.25, -0.2) is 0 Å². The first-order valence-corrected chi connectivity index (χ1v) is 7.80. The molecule has 1 amide bonds. The standard InChI is InChI=1S/C14H16Cl2N2O6/c1-2-11(20)24-12(10(7-19)17-14(21)13(15)16)8-3-5-9(6-4-8)18(22)23/h3-6,10,12-13,19H,2,7H2,1H3,(H,17,21)/t10-,12-/m1/s1. The molecule has 2 atom stereocenters. The van der Waals surface area contributed by atoms with E-state index >= 15 is 0 Å². The van der Waals surface area contributed by atoms with Crippen LogP contribution in [0.5, 0.6) is 0 Å². The number of nitro benzene ring substituents is 1. The molecule has 0 fully saturated rings. The van der Waals surface area contributed by atoms with Crippen LogP contribution in [-0.4, -0.2) is 39.4 Å². The topological polar surface area (TPSA) is 119 Å². The third-order valence-electron chi connectivity index (χ3n) is 3.07. The van der Waals surface area contributed by atoms with Gasteiger partial charge in [0.15, 0.2) is 4.84 Å². The monoisotopic (exact) mass is 378 g/mol. The van der Waals surface area contributed by atoms with E-state index in [4.69, 9.17) is 27.9 Å². The number of non-ortho nitro benzene ring substituents is 1. The van der Waals surface area contributed by atoms with Gasteiger partial charge in [0.1, 0.15) is 6.10 Å². The summed E-state index contributed by atoms with van der Waals surface area (Å²) in [5, 5.41) is 22.6. The number of aliphatic hydroxyl groups is 1. The van der Waals surface area contributed by atoms with Crippen LogP contribution in [0.25, 0.3) is 0 Å². The third-order valence-corrected chi connectivity index (χ3v) is 3.46. The van der Waals surface area contributed by atoms with Crippen LogP contribution in [-0.2, 0) is 14.3 Å². The lowest BCUT2D eigenvalue weighted by atomic mass is 10.0. The predicted molar refractivity (Wildman–Crippen MR) is 86.7 cm³/mol. The lowest BCUT2D eigenvalue weighted by molar-refractivity contribution is -0.384. The highest BCUT2D eigenvalue weighted by atomic mass is 35.5. The van der Waals surface area contributed by atoms with Crippen LogP contribution in [0.3, 0.4) is 0 Å². The van der Waals surface area contributed by atoms with Crippen molar-refractivity contribution in [1.82, 2.24) is 5.32 Å².